The minimum Gasteiger partial charge on any atom is -0.480 e. The van der Waals surface area contributed by atoms with Crippen molar-refractivity contribution >= 4 is 34.6 Å². The zero-order valence-corrected chi connectivity index (χ0v) is 25.5. The molecule has 45 heavy (non-hydrogen) atoms. The molecular formula is C39H33NO4S. The molecule has 0 bridgehead atoms. The van der Waals surface area contributed by atoms with Crippen LogP contribution in [0.2, 0.25) is 0 Å². The number of thioether (sulfide) groups is 1. The van der Waals surface area contributed by atoms with Gasteiger partial charge >= 0.3 is 5.97 Å². The van der Waals surface area contributed by atoms with Crippen LogP contribution >= 0.6 is 11.8 Å². The highest BCUT2D eigenvalue weighted by molar-refractivity contribution is 7.98. The lowest BCUT2D eigenvalue weighted by Gasteiger charge is -2.14. The zero-order valence-electron chi connectivity index (χ0n) is 24.7. The van der Waals surface area contributed by atoms with E-state index in [0.717, 1.165) is 56.5 Å². The number of carboxylic acids is 1. The predicted octanol–water partition coefficient (Wildman–Crippen LogP) is 8.40. The van der Waals surface area contributed by atoms with Crippen molar-refractivity contribution in [1.82, 2.24) is 5.32 Å². The molecule has 0 aliphatic heterocycles. The van der Waals surface area contributed by atoms with Crippen LogP contribution in [0, 0.1) is 0 Å². The van der Waals surface area contributed by atoms with Crippen LogP contribution in [0.4, 0.5) is 0 Å². The molecule has 0 spiro atoms. The molecule has 5 aromatic carbocycles. The van der Waals surface area contributed by atoms with Gasteiger partial charge in [0.25, 0.3) is 0 Å². The minimum absolute atomic E-state index is 0.158. The van der Waals surface area contributed by atoms with E-state index in [1.54, 1.807) is 0 Å². The van der Waals surface area contributed by atoms with E-state index in [9.17, 15) is 14.7 Å². The standard InChI is InChI=1S/C39H33NO4S/c41-37(24-28-11-5-2-6-12-28)40-34(39(42)43)26-45-25-29-15-17-30(18-16-29)31-19-21-32(22-20-31)38-33-13-7-8-14-35(33)44-36(38)23-27-9-3-1-4-10-27/h1-22,34H,23-26H2,(H,40,41)(H,42,43)/t34-/m0/s1. The molecule has 6 heteroatoms. The molecular weight excluding hydrogens is 578 g/mol. The Morgan fingerprint density at radius 3 is 1.91 bits per heavy atom. The molecule has 0 aliphatic rings. The summed E-state index contributed by atoms with van der Waals surface area (Å²) in [7, 11) is 0. The quantitative estimate of drug-likeness (QED) is 0.145. The van der Waals surface area contributed by atoms with Gasteiger partial charge < -0.3 is 14.8 Å². The molecule has 1 amide bonds. The Morgan fingerprint density at radius 2 is 1.24 bits per heavy atom. The van der Waals surface area contributed by atoms with E-state index in [2.05, 4.69) is 84.2 Å². The number of carbonyl (C=O) groups is 2. The van der Waals surface area contributed by atoms with Gasteiger partial charge in [0.05, 0.1) is 6.42 Å². The van der Waals surface area contributed by atoms with Crippen molar-refractivity contribution in [3.63, 3.8) is 0 Å². The second-order valence-corrected chi connectivity index (χ2v) is 12.0. The monoisotopic (exact) mass is 611 g/mol. The van der Waals surface area contributed by atoms with E-state index in [0.29, 0.717) is 5.75 Å². The van der Waals surface area contributed by atoms with Gasteiger partial charge in [0.15, 0.2) is 0 Å². The Balaban J connectivity index is 1.09. The number of benzene rings is 5. The summed E-state index contributed by atoms with van der Waals surface area (Å²) >= 11 is 1.49. The van der Waals surface area contributed by atoms with Crippen LogP contribution in [-0.2, 0) is 28.2 Å². The second-order valence-electron chi connectivity index (χ2n) is 11.0. The van der Waals surface area contributed by atoms with Crippen LogP contribution in [0.1, 0.15) is 22.5 Å². The Hall–Kier alpha value is -5.07. The number of rotatable bonds is 12. The molecule has 0 saturated carbocycles. The van der Waals surface area contributed by atoms with Gasteiger partial charge in [-0.2, -0.15) is 11.8 Å². The van der Waals surface area contributed by atoms with Crippen LogP contribution in [0.15, 0.2) is 138 Å². The predicted molar refractivity (Wildman–Crippen MR) is 182 cm³/mol. The first kappa shape index (κ1) is 30.0. The summed E-state index contributed by atoms with van der Waals surface area (Å²) in [5.41, 5.74) is 8.51. The summed E-state index contributed by atoms with van der Waals surface area (Å²) in [6.45, 7) is 0. The Kier molecular flexibility index (Phi) is 9.42. The van der Waals surface area contributed by atoms with Crippen molar-refractivity contribution in [2.75, 3.05) is 5.75 Å². The topological polar surface area (TPSA) is 79.5 Å². The maximum atomic E-state index is 12.4. The third-order valence-electron chi connectivity index (χ3n) is 7.73. The maximum absolute atomic E-state index is 12.4. The van der Waals surface area contributed by atoms with Crippen molar-refractivity contribution in [1.29, 1.82) is 0 Å². The lowest BCUT2D eigenvalue weighted by Crippen LogP contribution is -2.43. The molecule has 0 aliphatic carbocycles. The van der Waals surface area contributed by atoms with Crippen LogP contribution in [0.5, 0.6) is 0 Å². The summed E-state index contributed by atoms with van der Waals surface area (Å²) in [6, 6.07) is 43.9. The first-order valence-electron chi connectivity index (χ1n) is 14.9. The third kappa shape index (κ3) is 7.54. The van der Waals surface area contributed by atoms with E-state index in [4.69, 9.17) is 4.42 Å². The van der Waals surface area contributed by atoms with E-state index in [-0.39, 0.29) is 18.1 Å². The van der Waals surface area contributed by atoms with Crippen LogP contribution < -0.4 is 5.32 Å². The number of amides is 1. The van der Waals surface area contributed by atoms with Crippen molar-refractivity contribution in [2.24, 2.45) is 0 Å². The van der Waals surface area contributed by atoms with E-state index in [1.807, 2.05) is 54.6 Å². The van der Waals surface area contributed by atoms with Gasteiger partial charge in [0.2, 0.25) is 5.91 Å². The highest BCUT2D eigenvalue weighted by atomic mass is 32.2. The first-order valence-corrected chi connectivity index (χ1v) is 16.1. The van der Waals surface area contributed by atoms with Crippen LogP contribution in [0.3, 0.4) is 0 Å². The maximum Gasteiger partial charge on any atom is 0.327 e. The van der Waals surface area contributed by atoms with Crippen molar-refractivity contribution in [3.8, 4) is 22.3 Å². The summed E-state index contributed by atoms with van der Waals surface area (Å²) in [4.78, 5) is 24.1. The molecule has 1 heterocycles. The fraction of sp³-hybridized carbons (Fsp3) is 0.128. The van der Waals surface area contributed by atoms with Gasteiger partial charge in [-0.1, -0.05) is 127 Å². The van der Waals surface area contributed by atoms with Gasteiger partial charge in [0.1, 0.15) is 17.4 Å². The fourth-order valence-corrected chi connectivity index (χ4v) is 6.44. The van der Waals surface area contributed by atoms with Crippen molar-refractivity contribution in [2.45, 2.75) is 24.6 Å². The van der Waals surface area contributed by atoms with Crippen LogP contribution in [-0.4, -0.2) is 28.8 Å². The normalized spacial score (nSPS) is 11.7. The number of aliphatic carboxylic acids is 1. The minimum atomic E-state index is -1.03. The molecule has 224 valence electrons. The van der Waals surface area contributed by atoms with Crippen molar-refractivity contribution in [3.05, 3.63) is 156 Å². The summed E-state index contributed by atoms with van der Waals surface area (Å²) in [5.74, 6) is 0.567. The molecule has 6 aromatic rings. The summed E-state index contributed by atoms with van der Waals surface area (Å²) in [5, 5.41) is 13.4. The van der Waals surface area contributed by atoms with E-state index < -0.39 is 12.0 Å². The van der Waals surface area contributed by atoms with Gasteiger partial charge in [-0.25, -0.2) is 4.79 Å². The second kappa shape index (κ2) is 14.1. The Labute approximate surface area is 266 Å². The Bertz CT molecular complexity index is 1880. The zero-order chi connectivity index (χ0) is 31.0. The first-order chi connectivity index (χ1) is 22.0. The van der Waals surface area contributed by atoms with Gasteiger partial charge in [-0.3, -0.25) is 4.79 Å². The van der Waals surface area contributed by atoms with Crippen molar-refractivity contribution < 1.29 is 19.1 Å². The molecule has 1 atom stereocenters. The van der Waals surface area contributed by atoms with Gasteiger partial charge in [-0.05, 0) is 39.4 Å². The number of furan rings is 1. The van der Waals surface area contributed by atoms with E-state index >= 15 is 0 Å². The summed E-state index contributed by atoms with van der Waals surface area (Å²) < 4.78 is 6.33. The molecule has 0 saturated heterocycles. The SMILES string of the molecule is O=C(Cc1ccccc1)N[C@@H](CSCc1ccc(-c2ccc(-c3c(Cc4ccccc4)oc4ccccc34)cc2)cc1)C(=O)O. The highest BCUT2D eigenvalue weighted by Crippen LogP contribution is 2.37. The largest absolute Gasteiger partial charge is 0.480 e. The fourth-order valence-electron chi connectivity index (χ4n) is 5.44. The molecule has 6 rings (SSSR count). The number of fused-ring (bicyclic) bond motifs is 1. The molecule has 0 radical (unpaired) electrons. The molecule has 0 fully saturated rings. The molecule has 1 aromatic heterocycles. The van der Waals surface area contributed by atoms with Crippen LogP contribution in [0.25, 0.3) is 33.2 Å². The average Bonchev–Trinajstić information content (AvgIpc) is 3.43. The molecule has 0 unspecified atom stereocenters. The molecule has 5 nitrogen and oxygen atoms in total. The molecule has 2 N–H and O–H groups in total. The van der Waals surface area contributed by atoms with Gasteiger partial charge in [-0.15, -0.1) is 0 Å². The average molecular weight is 612 g/mol. The van der Waals surface area contributed by atoms with E-state index in [1.165, 1.54) is 17.3 Å². The number of hydrogen-bond donors (Lipinski definition) is 2. The lowest BCUT2D eigenvalue weighted by molar-refractivity contribution is -0.141. The number of nitrogens with one attached hydrogen (secondary N) is 1. The smallest absolute Gasteiger partial charge is 0.327 e. The van der Waals surface area contributed by atoms with Gasteiger partial charge in [0, 0.05) is 28.9 Å². The lowest BCUT2D eigenvalue weighted by atomic mass is 9.96. The Morgan fingerprint density at radius 1 is 0.667 bits per heavy atom. The highest BCUT2D eigenvalue weighted by Gasteiger charge is 2.20. The summed E-state index contributed by atoms with van der Waals surface area (Å²) in [6.07, 6.45) is 0.880. The number of carboxylic acid groups (broad SMARTS) is 1. The number of carbonyl (C=O) groups excluding carboxylic acids is 1. The number of hydrogen-bond acceptors (Lipinski definition) is 4. The number of para-hydroxylation sites is 1. The third-order valence-corrected chi connectivity index (χ3v) is 8.84.